The quantitative estimate of drug-likeness (QED) is 0.765. The Balaban J connectivity index is 1.71. The summed E-state index contributed by atoms with van der Waals surface area (Å²) in [5, 5.41) is 3.15. The first kappa shape index (κ1) is 19.6. The van der Waals surface area contributed by atoms with Gasteiger partial charge in [0, 0.05) is 6.04 Å². The molecule has 1 amide bonds. The molecule has 3 unspecified atom stereocenters. The van der Waals surface area contributed by atoms with Crippen LogP contribution < -0.4 is 10.8 Å². The van der Waals surface area contributed by atoms with Crippen LogP contribution in [-0.2, 0) is 19.2 Å². The van der Waals surface area contributed by atoms with Crippen LogP contribution in [-0.4, -0.2) is 30.6 Å². The van der Waals surface area contributed by atoms with E-state index in [1.807, 2.05) is 0 Å². The smallest absolute Gasteiger partial charge is 0.308 e. The van der Waals surface area contributed by atoms with Gasteiger partial charge in [0.05, 0.1) is 29.3 Å². The van der Waals surface area contributed by atoms with Gasteiger partial charge in [-0.15, -0.1) is 0 Å². The summed E-state index contributed by atoms with van der Waals surface area (Å²) in [5.41, 5.74) is 1.73. The van der Waals surface area contributed by atoms with Crippen LogP contribution >= 0.6 is 11.6 Å². The van der Waals surface area contributed by atoms with E-state index >= 15 is 0 Å². The number of rotatable bonds is 4. The molecule has 3 rings (SSSR count). The Bertz CT molecular complexity index is 765. The Morgan fingerprint density at radius 1 is 1.41 bits per heavy atom. The Kier molecular flexibility index (Phi) is 5.72. The maximum atomic E-state index is 14.1. The predicted octanol–water partition coefficient (Wildman–Crippen LogP) is 2.96. The van der Waals surface area contributed by atoms with Crippen LogP contribution in [0.1, 0.15) is 38.2 Å². The van der Waals surface area contributed by atoms with E-state index in [2.05, 4.69) is 10.8 Å². The molecule has 0 saturated heterocycles. The average molecular weight is 397 g/mol. The van der Waals surface area contributed by atoms with Crippen molar-refractivity contribution in [1.29, 1.82) is 0 Å². The number of nitrogens with one attached hydrogen (secondary N) is 2. The number of hydrogen-bond acceptors (Lipinski definition) is 5. The third kappa shape index (κ3) is 4.09. The van der Waals surface area contributed by atoms with Crippen molar-refractivity contribution < 1.29 is 23.6 Å². The van der Waals surface area contributed by atoms with Gasteiger partial charge in [-0.05, 0) is 44.4 Å². The number of carbonyl (C=O) groups excluding carboxylic acids is 2. The van der Waals surface area contributed by atoms with Gasteiger partial charge in [-0.3, -0.25) is 19.9 Å². The molecule has 1 aliphatic heterocycles. The first-order valence-electron chi connectivity index (χ1n) is 8.84. The number of carbonyl (C=O) groups is 2. The van der Waals surface area contributed by atoms with Gasteiger partial charge in [0.2, 0.25) is 0 Å². The predicted molar refractivity (Wildman–Crippen MR) is 97.9 cm³/mol. The van der Waals surface area contributed by atoms with Gasteiger partial charge in [-0.25, -0.2) is 4.39 Å². The van der Waals surface area contributed by atoms with E-state index in [1.165, 1.54) is 25.3 Å². The van der Waals surface area contributed by atoms with Crippen LogP contribution in [0.2, 0.25) is 5.02 Å². The molecule has 1 aliphatic carbocycles. The second-order valence-corrected chi connectivity index (χ2v) is 7.43. The summed E-state index contributed by atoms with van der Waals surface area (Å²) in [4.78, 5) is 30.0. The minimum Gasteiger partial charge on any atom is -0.469 e. The Morgan fingerprint density at radius 2 is 2.19 bits per heavy atom. The fourth-order valence-corrected chi connectivity index (χ4v) is 3.78. The van der Waals surface area contributed by atoms with Gasteiger partial charge in [-0.2, -0.15) is 0 Å². The van der Waals surface area contributed by atoms with E-state index in [9.17, 15) is 14.0 Å². The minimum atomic E-state index is -1.32. The van der Waals surface area contributed by atoms with Gasteiger partial charge in [-0.1, -0.05) is 24.1 Å². The zero-order valence-electron chi connectivity index (χ0n) is 15.2. The third-order valence-electron chi connectivity index (χ3n) is 5.02. The van der Waals surface area contributed by atoms with Crippen LogP contribution in [0.5, 0.6) is 0 Å². The van der Waals surface area contributed by atoms with Gasteiger partial charge in [0.15, 0.2) is 5.60 Å². The second kappa shape index (κ2) is 7.86. The molecule has 0 aromatic heterocycles. The molecule has 27 heavy (non-hydrogen) atoms. The number of benzene rings is 1. The standard InChI is InChI=1S/C19H22ClFN2O4/c1-19(10-15(23-27-19)16-13(20)7-4-8-14(16)21)18(25)22-12-6-3-5-11(9-12)17(24)26-2/h4,7-8,10-12,23H,3,5-6,9H2,1-2H3,(H,22,25). The van der Waals surface area contributed by atoms with E-state index in [-0.39, 0.29) is 34.4 Å². The van der Waals surface area contributed by atoms with Gasteiger partial charge >= 0.3 is 5.97 Å². The second-order valence-electron chi connectivity index (χ2n) is 7.02. The molecule has 2 aliphatic rings. The molecule has 0 spiro atoms. The van der Waals surface area contributed by atoms with Crippen LogP contribution in [0.15, 0.2) is 24.3 Å². The lowest BCUT2D eigenvalue weighted by Crippen LogP contribution is -2.50. The average Bonchev–Trinajstić information content (AvgIpc) is 3.04. The Hall–Kier alpha value is -2.12. The van der Waals surface area contributed by atoms with Crippen molar-refractivity contribution in [1.82, 2.24) is 10.8 Å². The fraction of sp³-hybridized carbons (Fsp3) is 0.474. The highest BCUT2D eigenvalue weighted by molar-refractivity contribution is 6.32. The number of hydroxylamine groups is 1. The third-order valence-corrected chi connectivity index (χ3v) is 5.33. The zero-order chi connectivity index (χ0) is 19.6. The molecule has 6 nitrogen and oxygen atoms in total. The molecule has 1 aromatic rings. The highest BCUT2D eigenvalue weighted by Gasteiger charge is 2.41. The largest absolute Gasteiger partial charge is 0.469 e. The number of esters is 1. The van der Waals surface area contributed by atoms with E-state index < -0.39 is 11.4 Å². The van der Waals surface area contributed by atoms with E-state index in [0.29, 0.717) is 12.1 Å². The molecule has 0 radical (unpaired) electrons. The SMILES string of the molecule is COC(=O)C1CCCC(NC(=O)C2(C)C=C(c3c(F)cccc3Cl)NO2)C1. The number of amides is 1. The lowest BCUT2D eigenvalue weighted by Gasteiger charge is -2.30. The molecule has 146 valence electrons. The van der Waals surface area contributed by atoms with Crippen molar-refractivity contribution >= 4 is 29.2 Å². The monoisotopic (exact) mass is 396 g/mol. The molecule has 2 N–H and O–H groups in total. The summed E-state index contributed by atoms with van der Waals surface area (Å²) in [6.07, 6.45) is 4.39. The summed E-state index contributed by atoms with van der Waals surface area (Å²) >= 11 is 6.08. The van der Waals surface area contributed by atoms with Crippen LogP contribution in [0, 0.1) is 11.7 Å². The van der Waals surface area contributed by atoms with Crippen molar-refractivity contribution in [2.45, 2.75) is 44.2 Å². The molecule has 1 heterocycles. The lowest BCUT2D eigenvalue weighted by molar-refractivity contribution is -0.148. The van der Waals surface area contributed by atoms with Crippen molar-refractivity contribution in [3.8, 4) is 0 Å². The summed E-state index contributed by atoms with van der Waals surface area (Å²) in [7, 11) is 1.36. The number of ether oxygens (including phenoxy) is 1. The maximum absolute atomic E-state index is 14.1. The topological polar surface area (TPSA) is 76.7 Å². The van der Waals surface area contributed by atoms with Crippen molar-refractivity contribution in [2.24, 2.45) is 5.92 Å². The molecule has 1 fully saturated rings. The van der Waals surface area contributed by atoms with Crippen LogP contribution in [0.3, 0.4) is 0 Å². The summed E-state index contributed by atoms with van der Waals surface area (Å²) in [5.74, 6) is -1.35. The molecule has 1 aromatic carbocycles. The maximum Gasteiger partial charge on any atom is 0.308 e. The lowest BCUT2D eigenvalue weighted by atomic mass is 9.85. The normalized spacial score (nSPS) is 27.5. The van der Waals surface area contributed by atoms with E-state index in [1.54, 1.807) is 13.0 Å². The van der Waals surface area contributed by atoms with Crippen molar-refractivity contribution in [3.05, 3.63) is 40.7 Å². The molecular formula is C19H22ClFN2O4. The molecule has 8 heteroatoms. The molecule has 3 atom stereocenters. The van der Waals surface area contributed by atoms with Crippen molar-refractivity contribution in [3.63, 3.8) is 0 Å². The summed E-state index contributed by atoms with van der Waals surface area (Å²) in [6, 6.07) is 4.21. The van der Waals surface area contributed by atoms with Crippen molar-refractivity contribution in [2.75, 3.05) is 7.11 Å². The first-order valence-corrected chi connectivity index (χ1v) is 9.22. The van der Waals surface area contributed by atoms with E-state index in [4.69, 9.17) is 21.2 Å². The zero-order valence-corrected chi connectivity index (χ0v) is 15.9. The van der Waals surface area contributed by atoms with Gasteiger partial charge in [0.1, 0.15) is 5.82 Å². The first-order chi connectivity index (χ1) is 12.8. The molecule has 0 bridgehead atoms. The van der Waals surface area contributed by atoms with Gasteiger partial charge in [0.25, 0.3) is 5.91 Å². The molecular weight excluding hydrogens is 375 g/mol. The molecule has 1 saturated carbocycles. The summed E-state index contributed by atoms with van der Waals surface area (Å²) in [6.45, 7) is 1.58. The number of hydrogen-bond donors (Lipinski definition) is 2. The summed E-state index contributed by atoms with van der Waals surface area (Å²) < 4.78 is 18.9. The van der Waals surface area contributed by atoms with Gasteiger partial charge < -0.3 is 10.1 Å². The van der Waals surface area contributed by atoms with Crippen LogP contribution in [0.4, 0.5) is 4.39 Å². The van der Waals surface area contributed by atoms with Crippen LogP contribution in [0.25, 0.3) is 5.70 Å². The Morgan fingerprint density at radius 3 is 2.89 bits per heavy atom. The van der Waals surface area contributed by atoms with E-state index in [0.717, 1.165) is 19.3 Å². The highest BCUT2D eigenvalue weighted by atomic mass is 35.5. The number of halogens is 2. The Labute approximate surface area is 162 Å². The number of methoxy groups -OCH3 is 1. The minimum absolute atomic E-state index is 0.148. The fourth-order valence-electron chi connectivity index (χ4n) is 3.52. The highest BCUT2D eigenvalue weighted by Crippen LogP contribution is 2.32.